The second-order valence-electron chi connectivity index (χ2n) is 4.07. The third-order valence-electron chi connectivity index (χ3n) is 2.79. The molecule has 2 heterocycles. The summed E-state index contributed by atoms with van der Waals surface area (Å²) >= 11 is 0. The van der Waals surface area contributed by atoms with Gasteiger partial charge in [-0.25, -0.2) is 0 Å². The highest BCUT2D eigenvalue weighted by molar-refractivity contribution is 7.87. The van der Waals surface area contributed by atoms with Crippen LogP contribution in [0.5, 0.6) is 0 Å². The molecule has 0 aliphatic carbocycles. The Hall–Kier alpha value is -0.250. The van der Waals surface area contributed by atoms with Crippen molar-refractivity contribution in [3.63, 3.8) is 0 Å². The normalized spacial score (nSPS) is 28.1. The molecule has 8 heteroatoms. The van der Waals surface area contributed by atoms with Crippen LogP contribution in [-0.4, -0.2) is 71.4 Å². The molecule has 2 aliphatic heterocycles. The summed E-state index contributed by atoms with van der Waals surface area (Å²) < 4.78 is 38.4. The molecular formula is C9H19N3O4S. The number of piperazine rings is 1. The summed E-state index contributed by atoms with van der Waals surface area (Å²) in [4.78, 5) is 0. The summed E-state index contributed by atoms with van der Waals surface area (Å²) in [5.74, 6) is 0. The van der Waals surface area contributed by atoms with Gasteiger partial charge in [0.1, 0.15) is 0 Å². The lowest BCUT2D eigenvalue weighted by Crippen LogP contribution is -2.52. The van der Waals surface area contributed by atoms with E-state index in [0.717, 1.165) is 0 Å². The fourth-order valence-corrected chi connectivity index (χ4v) is 3.07. The molecular weight excluding hydrogens is 246 g/mol. The minimum absolute atomic E-state index is 0.179. The summed E-state index contributed by atoms with van der Waals surface area (Å²) in [5.41, 5.74) is 0. The molecule has 2 saturated heterocycles. The van der Waals surface area contributed by atoms with E-state index in [0.29, 0.717) is 46.0 Å². The maximum atomic E-state index is 11.9. The maximum absolute atomic E-state index is 11.9. The van der Waals surface area contributed by atoms with E-state index in [9.17, 15) is 8.42 Å². The predicted molar refractivity (Wildman–Crippen MR) is 61.9 cm³/mol. The molecule has 0 aromatic carbocycles. The summed E-state index contributed by atoms with van der Waals surface area (Å²) in [6.45, 7) is 4.25. The Labute approximate surface area is 102 Å². The number of nitrogens with zero attached hydrogens (tertiary/aromatic N) is 1. The molecule has 2 rings (SSSR count). The van der Waals surface area contributed by atoms with E-state index in [1.54, 1.807) is 0 Å². The van der Waals surface area contributed by atoms with Crippen molar-refractivity contribution < 1.29 is 17.9 Å². The molecule has 2 N–H and O–H groups in total. The SMILES string of the molecule is O=S(=O)(NCC1COCCO1)N1CCNCC1. The van der Waals surface area contributed by atoms with Crippen LogP contribution in [0.3, 0.4) is 0 Å². The smallest absolute Gasteiger partial charge is 0.279 e. The van der Waals surface area contributed by atoms with Gasteiger partial charge in [0.15, 0.2) is 0 Å². The molecule has 0 saturated carbocycles. The highest BCUT2D eigenvalue weighted by Crippen LogP contribution is 2.03. The van der Waals surface area contributed by atoms with E-state index in [4.69, 9.17) is 9.47 Å². The van der Waals surface area contributed by atoms with Crippen LogP contribution in [0.15, 0.2) is 0 Å². The monoisotopic (exact) mass is 265 g/mol. The molecule has 100 valence electrons. The molecule has 2 aliphatic rings. The molecule has 0 amide bonds. The van der Waals surface area contributed by atoms with E-state index in [1.165, 1.54) is 4.31 Å². The maximum Gasteiger partial charge on any atom is 0.279 e. The minimum Gasteiger partial charge on any atom is -0.376 e. The number of rotatable bonds is 4. The Morgan fingerprint density at radius 1 is 1.29 bits per heavy atom. The van der Waals surface area contributed by atoms with Gasteiger partial charge in [0.2, 0.25) is 0 Å². The van der Waals surface area contributed by atoms with Gasteiger partial charge in [-0.3, -0.25) is 0 Å². The van der Waals surface area contributed by atoms with Gasteiger partial charge in [-0.15, -0.1) is 0 Å². The first-order chi connectivity index (χ1) is 8.18. The Bertz CT molecular complexity index is 323. The molecule has 0 spiro atoms. The van der Waals surface area contributed by atoms with E-state index in [2.05, 4.69) is 10.0 Å². The quantitative estimate of drug-likeness (QED) is 0.623. The van der Waals surface area contributed by atoms with Gasteiger partial charge < -0.3 is 14.8 Å². The van der Waals surface area contributed by atoms with Crippen molar-refractivity contribution in [2.45, 2.75) is 6.10 Å². The van der Waals surface area contributed by atoms with Gasteiger partial charge in [-0.2, -0.15) is 17.4 Å². The molecule has 17 heavy (non-hydrogen) atoms. The van der Waals surface area contributed by atoms with Crippen molar-refractivity contribution in [2.24, 2.45) is 0 Å². The number of hydrogen-bond donors (Lipinski definition) is 2. The van der Waals surface area contributed by atoms with E-state index in [1.807, 2.05) is 0 Å². The average molecular weight is 265 g/mol. The van der Waals surface area contributed by atoms with Gasteiger partial charge in [0.25, 0.3) is 10.2 Å². The Morgan fingerprint density at radius 3 is 2.71 bits per heavy atom. The fraction of sp³-hybridized carbons (Fsp3) is 1.00. The molecule has 0 radical (unpaired) electrons. The van der Waals surface area contributed by atoms with Crippen LogP contribution in [0.4, 0.5) is 0 Å². The second kappa shape index (κ2) is 6.07. The molecule has 2 fully saturated rings. The first-order valence-corrected chi connectivity index (χ1v) is 7.27. The Kier molecular flexibility index (Phi) is 4.71. The van der Waals surface area contributed by atoms with Crippen LogP contribution < -0.4 is 10.0 Å². The fourth-order valence-electron chi connectivity index (χ4n) is 1.83. The Balaban J connectivity index is 1.79. The minimum atomic E-state index is -3.37. The van der Waals surface area contributed by atoms with Crippen molar-refractivity contribution in [1.29, 1.82) is 0 Å². The Morgan fingerprint density at radius 2 is 2.06 bits per heavy atom. The van der Waals surface area contributed by atoms with Crippen LogP contribution in [0, 0.1) is 0 Å². The van der Waals surface area contributed by atoms with Gasteiger partial charge in [-0.05, 0) is 0 Å². The van der Waals surface area contributed by atoms with Gasteiger partial charge in [-0.1, -0.05) is 0 Å². The average Bonchev–Trinajstić information content (AvgIpc) is 2.39. The van der Waals surface area contributed by atoms with Crippen molar-refractivity contribution in [1.82, 2.24) is 14.3 Å². The molecule has 1 atom stereocenters. The lowest BCUT2D eigenvalue weighted by Gasteiger charge is -2.28. The van der Waals surface area contributed by atoms with Crippen molar-refractivity contribution in [2.75, 3.05) is 52.5 Å². The third-order valence-corrected chi connectivity index (χ3v) is 4.37. The second-order valence-corrected chi connectivity index (χ2v) is 5.83. The van der Waals surface area contributed by atoms with Crippen LogP contribution in [0.25, 0.3) is 0 Å². The highest BCUT2D eigenvalue weighted by atomic mass is 32.2. The lowest BCUT2D eigenvalue weighted by atomic mass is 10.3. The predicted octanol–water partition coefficient (Wildman–Crippen LogP) is -1.86. The van der Waals surface area contributed by atoms with Crippen molar-refractivity contribution in [3.8, 4) is 0 Å². The number of nitrogens with one attached hydrogen (secondary N) is 2. The third kappa shape index (κ3) is 3.87. The first kappa shape index (κ1) is 13.2. The summed E-state index contributed by atoms with van der Waals surface area (Å²) in [6, 6.07) is 0. The molecule has 0 aromatic heterocycles. The van der Waals surface area contributed by atoms with E-state index >= 15 is 0 Å². The molecule has 0 bridgehead atoms. The van der Waals surface area contributed by atoms with Gasteiger partial charge in [0.05, 0.1) is 25.9 Å². The highest BCUT2D eigenvalue weighted by Gasteiger charge is 2.25. The topological polar surface area (TPSA) is 79.9 Å². The first-order valence-electron chi connectivity index (χ1n) is 5.83. The molecule has 7 nitrogen and oxygen atoms in total. The standard InChI is InChI=1S/C9H19N3O4S/c13-17(14,12-3-1-10-2-4-12)11-7-9-8-15-5-6-16-9/h9-11H,1-8H2. The van der Waals surface area contributed by atoms with E-state index < -0.39 is 10.2 Å². The van der Waals surface area contributed by atoms with Gasteiger partial charge in [0, 0.05) is 32.7 Å². The molecule has 1 unspecified atom stereocenters. The largest absolute Gasteiger partial charge is 0.376 e. The lowest BCUT2D eigenvalue weighted by molar-refractivity contribution is -0.0847. The summed E-state index contributed by atoms with van der Waals surface area (Å²) in [7, 11) is -3.37. The van der Waals surface area contributed by atoms with Crippen LogP contribution in [0.1, 0.15) is 0 Å². The zero-order valence-corrected chi connectivity index (χ0v) is 10.5. The van der Waals surface area contributed by atoms with E-state index in [-0.39, 0.29) is 12.6 Å². The zero-order chi connectivity index (χ0) is 12.1. The molecule has 0 aromatic rings. The summed E-state index contributed by atoms with van der Waals surface area (Å²) in [6.07, 6.45) is -0.179. The van der Waals surface area contributed by atoms with Gasteiger partial charge >= 0.3 is 0 Å². The van der Waals surface area contributed by atoms with Crippen molar-refractivity contribution in [3.05, 3.63) is 0 Å². The van der Waals surface area contributed by atoms with Crippen LogP contribution in [-0.2, 0) is 19.7 Å². The van der Waals surface area contributed by atoms with Crippen LogP contribution >= 0.6 is 0 Å². The number of hydrogen-bond acceptors (Lipinski definition) is 5. The van der Waals surface area contributed by atoms with Crippen molar-refractivity contribution >= 4 is 10.2 Å². The van der Waals surface area contributed by atoms with Crippen LogP contribution in [0.2, 0.25) is 0 Å². The zero-order valence-electron chi connectivity index (χ0n) is 9.72. The number of ether oxygens (including phenoxy) is 2. The summed E-state index contributed by atoms with van der Waals surface area (Å²) in [5, 5.41) is 3.11.